The second kappa shape index (κ2) is 5.76. The maximum absolute atomic E-state index is 13.3. The third-order valence-corrected chi connectivity index (χ3v) is 4.03. The SMILES string of the molecule is O=C1OC(c2cccc(F)c2)=N/C1=C\c1cc(Br)c2c(c1)OCO2. The molecule has 2 heterocycles. The van der Waals surface area contributed by atoms with Crippen molar-refractivity contribution >= 4 is 33.9 Å². The zero-order valence-electron chi connectivity index (χ0n) is 12.1. The first-order valence-electron chi connectivity index (χ1n) is 6.98. The maximum Gasteiger partial charge on any atom is 0.363 e. The lowest BCUT2D eigenvalue weighted by Gasteiger charge is -2.01. The quantitative estimate of drug-likeness (QED) is 0.580. The van der Waals surface area contributed by atoms with Crippen LogP contribution in [0, 0.1) is 5.82 Å². The Hall–Kier alpha value is -2.67. The lowest BCUT2D eigenvalue weighted by Crippen LogP contribution is -2.05. The summed E-state index contributed by atoms with van der Waals surface area (Å²) in [7, 11) is 0. The first-order valence-corrected chi connectivity index (χ1v) is 7.77. The summed E-state index contributed by atoms with van der Waals surface area (Å²) in [6.07, 6.45) is 1.57. The molecule has 0 radical (unpaired) electrons. The molecule has 0 saturated carbocycles. The van der Waals surface area contributed by atoms with E-state index in [2.05, 4.69) is 20.9 Å². The van der Waals surface area contributed by atoms with Crippen LogP contribution in [0.4, 0.5) is 4.39 Å². The van der Waals surface area contributed by atoms with E-state index < -0.39 is 11.8 Å². The van der Waals surface area contributed by atoms with Crippen LogP contribution in [0.25, 0.3) is 6.08 Å². The van der Waals surface area contributed by atoms with Crippen molar-refractivity contribution in [2.24, 2.45) is 4.99 Å². The smallest absolute Gasteiger partial charge is 0.363 e. The van der Waals surface area contributed by atoms with Crippen LogP contribution in [-0.2, 0) is 9.53 Å². The van der Waals surface area contributed by atoms with Gasteiger partial charge in [-0.1, -0.05) is 6.07 Å². The van der Waals surface area contributed by atoms with Gasteiger partial charge in [-0.3, -0.25) is 0 Å². The zero-order chi connectivity index (χ0) is 16.7. The summed E-state index contributed by atoms with van der Waals surface area (Å²) in [5.41, 5.74) is 1.22. The molecule has 0 atom stereocenters. The number of hydrogen-bond donors (Lipinski definition) is 0. The van der Waals surface area contributed by atoms with Gasteiger partial charge in [0.1, 0.15) is 5.82 Å². The van der Waals surface area contributed by atoms with E-state index in [1.165, 1.54) is 18.2 Å². The van der Waals surface area contributed by atoms with Crippen molar-refractivity contribution in [2.75, 3.05) is 6.79 Å². The molecule has 2 aliphatic rings. The van der Waals surface area contributed by atoms with Gasteiger partial charge in [0, 0.05) is 5.56 Å². The van der Waals surface area contributed by atoms with Crippen molar-refractivity contribution in [1.29, 1.82) is 0 Å². The third kappa shape index (κ3) is 2.67. The Morgan fingerprint density at radius 3 is 2.92 bits per heavy atom. The first-order chi connectivity index (χ1) is 11.6. The minimum atomic E-state index is -0.594. The highest BCUT2D eigenvalue weighted by Gasteiger charge is 2.25. The van der Waals surface area contributed by atoms with Crippen molar-refractivity contribution in [3.8, 4) is 11.5 Å². The fourth-order valence-corrected chi connectivity index (χ4v) is 2.96. The number of benzene rings is 2. The van der Waals surface area contributed by atoms with Crippen LogP contribution >= 0.6 is 15.9 Å². The summed E-state index contributed by atoms with van der Waals surface area (Å²) in [5, 5.41) is 0. The Kier molecular flexibility index (Phi) is 3.57. The second-order valence-electron chi connectivity index (χ2n) is 5.08. The summed E-state index contributed by atoms with van der Waals surface area (Å²) in [6.45, 7) is 0.151. The van der Waals surface area contributed by atoms with Crippen LogP contribution in [0.1, 0.15) is 11.1 Å². The standard InChI is InChI=1S/C17H9BrFNO4/c18-12-4-9(6-14-15(12)23-8-22-14)5-13-17(21)24-16(20-13)10-2-1-3-11(19)7-10/h1-7H,8H2/b13-5-. The molecule has 0 saturated heterocycles. The van der Waals surface area contributed by atoms with Crippen LogP contribution in [0.3, 0.4) is 0 Å². The molecular formula is C17H9BrFNO4. The zero-order valence-corrected chi connectivity index (χ0v) is 13.7. The number of carbonyl (C=O) groups excluding carboxylic acids is 1. The van der Waals surface area contributed by atoms with Gasteiger partial charge in [0.05, 0.1) is 4.47 Å². The van der Waals surface area contributed by atoms with Crippen molar-refractivity contribution < 1.29 is 23.4 Å². The molecular weight excluding hydrogens is 381 g/mol. The molecule has 0 aromatic heterocycles. The number of esters is 1. The Balaban J connectivity index is 1.70. The fraction of sp³-hybridized carbons (Fsp3) is 0.0588. The number of fused-ring (bicyclic) bond motifs is 1. The van der Waals surface area contributed by atoms with Crippen molar-refractivity contribution in [2.45, 2.75) is 0 Å². The van der Waals surface area contributed by atoms with Gasteiger partial charge in [-0.05, 0) is 57.9 Å². The Labute approximate surface area is 144 Å². The second-order valence-corrected chi connectivity index (χ2v) is 5.94. The van der Waals surface area contributed by atoms with Crippen LogP contribution < -0.4 is 9.47 Å². The van der Waals surface area contributed by atoms with Gasteiger partial charge in [-0.2, -0.15) is 0 Å². The summed E-state index contributed by atoms with van der Waals surface area (Å²) in [4.78, 5) is 16.2. The molecule has 5 nitrogen and oxygen atoms in total. The highest BCUT2D eigenvalue weighted by molar-refractivity contribution is 9.10. The molecule has 0 fully saturated rings. The molecule has 7 heteroatoms. The van der Waals surface area contributed by atoms with Gasteiger partial charge >= 0.3 is 5.97 Å². The first kappa shape index (κ1) is 14.9. The lowest BCUT2D eigenvalue weighted by atomic mass is 10.1. The maximum atomic E-state index is 13.3. The molecule has 0 aliphatic carbocycles. The van der Waals surface area contributed by atoms with Crippen molar-refractivity contribution in [3.05, 3.63) is 63.5 Å². The van der Waals surface area contributed by atoms with Crippen LogP contribution in [-0.4, -0.2) is 18.7 Å². The number of carbonyl (C=O) groups is 1. The van der Waals surface area contributed by atoms with Gasteiger partial charge < -0.3 is 14.2 Å². The largest absolute Gasteiger partial charge is 0.454 e. The van der Waals surface area contributed by atoms with Gasteiger partial charge in [0.15, 0.2) is 17.2 Å². The molecule has 2 aromatic rings. The molecule has 4 rings (SSSR count). The highest BCUT2D eigenvalue weighted by atomic mass is 79.9. The number of ether oxygens (including phenoxy) is 3. The van der Waals surface area contributed by atoms with E-state index in [0.29, 0.717) is 27.1 Å². The average Bonchev–Trinajstić information content (AvgIpc) is 3.15. The number of nitrogens with zero attached hydrogens (tertiary/aromatic N) is 1. The Morgan fingerprint density at radius 1 is 1.21 bits per heavy atom. The molecule has 0 bridgehead atoms. The van der Waals surface area contributed by atoms with Gasteiger partial charge in [-0.25, -0.2) is 14.2 Å². The molecule has 0 unspecified atom stereocenters. The average molecular weight is 390 g/mol. The summed E-state index contributed by atoms with van der Waals surface area (Å²) in [6, 6.07) is 9.23. The fourth-order valence-electron chi connectivity index (χ4n) is 2.38. The van der Waals surface area contributed by atoms with E-state index in [0.717, 1.165) is 0 Å². The van der Waals surface area contributed by atoms with Crippen LogP contribution in [0.15, 0.2) is 51.6 Å². The molecule has 0 amide bonds. The van der Waals surface area contributed by atoms with E-state index in [4.69, 9.17) is 14.2 Å². The predicted octanol–water partition coefficient (Wildman–Crippen LogP) is 3.66. The van der Waals surface area contributed by atoms with E-state index in [-0.39, 0.29) is 18.4 Å². The van der Waals surface area contributed by atoms with Crippen LogP contribution in [0.5, 0.6) is 11.5 Å². The molecule has 24 heavy (non-hydrogen) atoms. The highest BCUT2D eigenvalue weighted by Crippen LogP contribution is 2.40. The lowest BCUT2D eigenvalue weighted by molar-refractivity contribution is -0.129. The summed E-state index contributed by atoms with van der Waals surface area (Å²) >= 11 is 3.39. The number of rotatable bonds is 2. The predicted molar refractivity (Wildman–Crippen MR) is 87.3 cm³/mol. The topological polar surface area (TPSA) is 57.1 Å². The van der Waals surface area contributed by atoms with Crippen molar-refractivity contribution in [3.63, 3.8) is 0 Å². The van der Waals surface area contributed by atoms with Gasteiger partial charge in [-0.15, -0.1) is 0 Å². The summed E-state index contributed by atoms with van der Waals surface area (Å²) < 4.78 is 29.8. The Morgan fingerprint density at radius 2 is 2.08 bits per heavy atom. The van der Waals surface area contributed by atoms with E-state index in [9.17, 15) is 9.18 Å². The molecule has 2 aromatic carbocycles. The van der Waals surface area contributed by atoms with Crippen LogP contribution in [0.2, 0.25) is 0 Å². The molecule has 120 valence electrons. The Bertz CT molecular complexity index is 923. The third-order valence-electron chi connectivity index (χ3n) is 3.45. The number of halogens is 2. The molecule has 0 N–H and O–H groups in total. The monoisotopic (exact) mass is 389 g/mol. The van der Waals surface area contributed by atoms with Gasteiger partial charge in [0.2, 0.25) is 12.7 Å². The van der Waals surface area contributed by atoms with Crippen molar-refractivity contribution in [1.82, 2.24) is 0 Å². The van der Waals surface area contributed by atoms with E-state index in [1.807, 2.05) is 0 Å². The molecule has 0 spiro atoms. The number of aliphatic imine (C=N–C) groups is 1. The molecule has 2 aliphatic heterocycles. The summed E-state index contributed by atoms with van der Waals surface area (Å²) in [5.74, 6) is 0.254. The number of hydrogen-bond acceptors (Lipinski definition) is 5. The van der Waals surface area contributed by atoms with E-state index >= 15 is 0 Å². The minimum absolute atomic E-state index is 0.0746. The number of cyclic esters (lactones) is 1. The van der Waals surface area contributed by atoms with E-state index in [1.54, 1.807) is 24.3 Å². The van der Waals surface area contributed by atoms with Gasteiger partial charge in [0.25, 0.3) is 0 Å². The normalized spacial score (nSPS) is 17.2. The minimum Gasteiger partial charge on any atom is -0.454 e.